The molecule has 0 unspecified atom stereocenters. The number of nitrogens with one attached hydrogen (secondary N) is 2. The fourth-order valence-electron chi connectivity index (χ4n) is 2.81. The van der Waals surface area contributed by atoms with E-state index >= 15 is 0 Å². The maximum Gasteiger partial charge on any atom is 0.407 e. The van der Waals surface area contributed by atoms with Crippen LogP contribution in [0.2, 0.25) is 0 Å². The monoisotopic (exact) mass is 382 g/mol. The van der Waals surface area contributed by atoms with Gasteiger partial charge >= 0.3 is 6.09 Å². The van der Waals surface area contributed by atoms with E-state index in [-0.39, 0.29) is 12.5 Å². The van der Waals surface area contributed by atoms with Gasteiger partial charge in [0.05, 0.1) is 13.2 Å². The van der Waals surface area contributed by atoms with Crippen LogP contribution in [0, 0.1) is 0 Å². The van der Waals surface area contributed by atoms with Gasteiger partial charge in [0.15, 0.2) is 0 Å². The van der Waals surface area contributed by atoms with Gasteiger partial charge in [-0.2, -0.15) is 0 Å². The van der Waals surface area contributed by atoms with Crippen molar-refractivity contribution >= 4 is 12.0 Å². The van der Waals surface area contributed by atoms with Crippen LogP contribution in [0.5, 0.6) is 0 Å². The Balaban J connectivity index is 3.23. The summed E-state index contributed by atoms with van der Waals surface area (Å²) in [5.41, 5.74) is 0. The molecule has 0 heterocycles. The van der Waals surface area contributed by atoms with E-state index in [1.165, 1.54) is 71.3 Å². The highest BCUT2D eigenvalue weighted by Gasteiger charge is 2.03. The predicted molar refractivity (Wildman–Crippen MR) is 113 cm³/mol. The number of unbranched alkanes of at least 4 members (excludes halogenated alkanes) is 12. The standard InChI is InChI=1S/C22H42N2O3/c1-3-4-5-6-7-8-9-10-11-12-13-14-15-16-17-18-19-27-22(26)24-20-21(25)23-2/h13-14H,3-12,15-20H2,1-2H3,(H,23,25)(H,24,26)/b14-13-. The zero-order valence-electron chi connectivity index (χ0n) is 17.7. The second-order valence-corrected chi connectivity index (χ2v) is 7.10. The van der Waals surface area contributed by atoms with Crippen LogP contribution in [0.1, 0.15) is 96.8 Å². The summed E-state index contributed by atoms with van der Waals surface area (Å²) in [6.45, 7) is 2.63. The summed E-state index contributed by atoms with van der Waals surface area (Å²) in [5.74, 6) is -0.235. The lowest BCUT2D eigenvalue weighted by Gasteiger charge is -2.05. The normalized spacial score (nSPS) is 10.9. The van der Waals surface area contributed by atoms with Crippen molar-refractivity contribution in [2.24, 2.45) is 0 Å². The molecule has 0 saturated heterocycles. The molecule has 0 aromatic carbocycles. The number of allylic oxidation sites excluding steroid dienone is 2. The van der Waals surface area contributed by atoms with Crippen molar-refractivity contribution in [3.05, 3.63) is 12.2 Å². The third-order valence-electron chi connectivity index (χ3n) is 4.56. The molecular formula is C22H42N2O3. The van der Waals surface area contributed by atoms with E-state index in [0.717, 1.165) is 25.7 Å². The van der Waals surface area contributed by atoms with Crippen molar-refractivity contribution in [2.75, 3.05) is 20.2 Å². The third kappa shape index (κ3) is 20.6. The highest BCUT2D eigenvalue weighted by atomic mass is 16.5. The van der Waals surface area contributed by atoms with Gasteiger partial charge in [0.2, 0.25) is 5.91 Å². The number of likely N-dealkylation sites (N-methyl/N-ethyl adjacent to an activating group) is 1. The van der Waals surface area contributed by atoms with Gasteiger partial charge < -0.3 is 15.4 Å². The Kier molecular flexibility index (Phi) is 19.6. The topological polar surface area (TPSA) is 67.4 Å². The van der Waals surface area contributed by atoms with E-state index in [4.69, 9.17) is 4.74 Å². The van der Waals surface area contributed by atoms with Gasteiger partial charge in [0.25, 0.3) is 0 Å². The first-order chi connectivity index (χ1) is 13.2. The van der Waals surface area contributed by atoms with Crippen LogP contribution in [0.3, 0.4) is 0 Å². The molecule has 0 aromatic heterocycles. The Bertz CT molecular complexity index is 384. The van der Waals surface area contributed by atoms with Crippen LogP contribution in [0.4, 0.5) is 4.79 Å². The minimum atomic E-state index is -0.528. The van der Waals surface area contributed by atoms with Gasteiger partial charge in [-0.25, -0.2) is 4.79 Å². The smallest absolute Gasteiger partial charge is 0.407 e. The van der Waals surface area contributed by atoms with Crippen LogP contribution >= 0.6 is 0 Å². The van der Waals surface area contributed by atoms with Crippen LogP contribution in [0.15, 0.2) is 12.2 Å². The number of carbonyl (C=O) groups is 2. The lowest BCUT2D eigenvalue weighted by Crippen LogP contribution is -2.35. The first-order valence-corrected chi connectivity index (χ1v) is 11.0. The molecule has 5 heteroatoms. The fraction of sp³-hybridized carbons (Fsp3) is 0.818. The third-order valence-corrected chi connectivity index (χ3v) is 4.56. The second-order valence-electron chi connectivity index (χ2n) is 7.10. The lowest BCUT2D eigenvalue weighted by atomic mass is 10.1. The summed E-state index contributed by atoms with van der Waals surface area (Å²) in [6.07, 6.45) is 21.8. The maximum absolute atomic E-state index is 11.3. The molecule has 5 nitrogen and oxygen atoms in total. The van der Waals surface area contributed by atoms with Crippen LogP contribution in [-0.2, 0) is 9.53 Å². The molecule has 2 N–H and O–H groups in total. The summed E-state index contributed by atoms with van der Waals surface area (Å²) >= 11 is 0. The zero-order valence-corrected chi connectivity index (χ0v) is 17.7. The van der Waals surface area contributed by atoms with Crippen LogP contribution in [0.25, 0.3) is 0 Å². The SMILES string of the molecule is CCCCCCCCCCC/C=C\CCCCCOC(=O)NCC(=O)NC. The van der Waals surface area contributed by atoms with Crippen molar-refractivity contribution in [3.8, 4) is 0 Å². The van der Waals surface area contributed by atoms with Crippen LogP contribution in [-0.4, -0.2) is 32.2 Å². The number of carbonyl (C=O) groups excluding carboxylic acids is 2. The molecule has 0 radical (unpaired) electrons. The predicted octanol–water partition coefficient (Wildman–Crippen LogP) is 5.50. The average Bonchev–Trinajstić information content (AvgIpc) is 2.68. The molecule has 0 aliphatic carbocycles. The summed E-state index contributed by atoms with van der Waals surface area (Å²) in [4.78, 5) is 22.3. The number of hydrogen-bond donors (Lipinski definition) is 2. The summed E-state index contributed by atoms with van der Waals surface area (Å²) in [6, 6.07) is 0. The highest BCUT2D eigenvalue weighted by Crippen LogP contribution is 2.11. The first-order valence-electron chi connectivity index (χ1n) is 11.0. The molecule has 158 valence electrons. The molecule has 0 spiro atoms. The molecular weight excluding hydrogens is 340 g/mol. The molecule has 0 aromatic rings. The zero-order chi connectivity index (χ0) is 20.0. The number of rotatable bonds is 18. The Morgan fingerprint density at radius 3 is 1.85 bits per heavy atom. The van der Waals surface area contributed by atoms with Crippen molar-refractivity contribution in [2.45, 2.75) is 96.8 Å². The molecule has 27 heavy (non-hydrogen) atoms. The molecule has 0 aliphatic heterocycles. The van der Waals surface area contributed by atoms with Crippen molar-refractivity contribution in [1.29, 1.82) is 0 Å². The molecule has 0 fully saturated rings. The van der Waals surface area contributed by atoms with E-state index in [0.29, 0.717) is 6.61 Å². The molecule has 0 rings (SSSR count). The van der Waals surface area contributed by atoms with E-state index in [9.17, 15) is 9.59 Å². The van der Waals surface area contributed by atoms with Gasteiger partial charge in [-0.3, -0.25) is 4.79 Å². The van der Waals surface area contributed by atoms with Crippen molar-refractivity contribution in [3.63, 3.8) is 0 Å². The quantitative estimate of drug-likeness (QED) is 0.243. The Morgan fingerprint density at radius 2 is 1.30 bits per heavy atom. The van der Waals surface area contributed by atoms with E-state index in [1.807, 2.05) is 0 Å². The van der Waals surface area contributed by atoms with Crippen molar-refractivity contribution < 1.29 is 14.3 Å². The van der Waals surface area contributed by atoms with E-state index < -0.39 is 6.09 Å². The summed E-state index contributed by atoms with van der Waals surface area (Å²) < 4.78 is 5.01. The average molecular weight is 383 g/mol. The largest absolute Gasteiger partial charge is 0.450 e. The number of amides is 2. The summed E-state index contributed by atoms with van der Waals surface area (Å²) in [5, 5.41) is 4.83. The van der Waals surface area contributed by atoms with Gasteiger partial charge in [0, 0.05) is 7.05 Å². The Hall–Kier alpha value is -1.52. The fourth-order valence-corrected chi connectivity index (χ4v) is 2.81. The highest BCUT2D eigenvalue weighted by molar-refractivity contribution is 5.81. The second kappa shape index (κ2) is 20.8. The minimum Gasteiger partial charge on any atom is -0.450 e. The number of alkyl carbamates (subject to hydrolysis) is 1. The lowest BCUT2D eigenvalue weighted by molar-refractivity contribution is -0.119. The molecule has 0 atom stereocenters. The molecule has 2 amide bonds. The minimum absolute atomic E-state index is 0.0426. The molecule has 0 saturated carbocycles. The first kappa shape index (κ1) is 25.5. The van der Waals surface area contributed by atoms with E-state index in [1.54, 1.807) is 0 Å². The van der Waals surface area contributed by atoms with Gasteiger partial charge in [0.1, 0.15) is 0 Å². The molecule has 0 aliphatic rings. The Morgan fingerprint density at radius 1 is 0.778 bits per heavy atom. The maximum atomic E-state index is 11.3. The van der Waals surface area contributed by atoms with Gasteiger partial charge in [-0.1, -0.05) is 70.4 Å². The summed E-state index contributed by atoms with van der Waals surface area (Å²) in [7, 11) is 1.53. The van der Waals surface area contributed by atoms with Crippen molar-refractivity contribution in [1.82, 2.24) is 10.6 Å². The Labute approximate surface area is 166 Å². The van der Waals surface area contributed by atoms with E-state index in [2.05, 4.69) is 29.7 Å². The molecule has 0 bridgehead atoms. The number of hydrogen-bond acceptors (Lipinski definition) is 3. The van der Waals surface area contributed by atoms with Gasteiger partial charge in [-0.15, -0.1) is 0 Å². The van der Waals surface area contributed by atoms with Crippen LogP contribution < -0.4 is 10.6 Å². The van der Waals surface area contributed by atoms with Gasteiger partial charge in [-0.05, 0) is 38.5 Å². The number of ether oxygens (including phenoxy) is 1.